The third-order valence-corrected chi connectivity index (χ3v) is 4.03. The van der Waals surface area contributed by atoms with E-state index >= 15 is 0 Å². The zero-order valence-corrected chi connectivity index (χ0v) is 12.8. The van der Waals surface area contributed by atoms with E-state index in [4.69, 9.17) is 0 Å². The second-order valence-electron chi connectivity index (χ2n) is 4.69. The Bertz CT molecular complexity index is 327. The molecule has 0 saturated heterocycles. The Kier molecular flexibility index (Phi) is 7.35. The van der Waals surface area contributed by atoms with Crippen LogP contribution in [0.1, 0.15) is 33.0 Å². The summed E-state index contributed by atoms with van der Waals surface area (Å²) in [5.41, 5.74) is 0. The molecule has 0 aromatic carbocycles. The number of nitrogens with zero attached hydrogens (tertiary/aromatic N) is 3. The number of nitrogens with one attached hydrogen (secondary N) is 1. The van der Waals surface area contributed by atoms with Crippen molar-refractivity contribution >= 4 is 11.8 Å². The number of thioether (sulfide) groups is 1. The quantitative estimate of drug-likeness (QED) is 0.747. The van der Waals surface area contributed by atoms with Crippen molar-refractivity contribution < 1.29 is 0 Å². The number of rotatable bonds is 9. The fraction of sp³-hybridized carbons (Fsp3) is 0.846. The Morgan fingerprint density at radius 1 is 1.44 bits per heavy atom. The van der Waals surface area contributed by atoms with E-state index in [2.05, 4.69) is 42.4 Å². The molecule has 2 atom stereocenters. The van der Waals surface area contributed by atoms with Crippen LogP contribution >= 0.6 is 11.8 Å². The van der Waals surface area contributed by atoms with Gasteiger partial charge in [0.25, 0.3) is 0 Å². The first-order chi connectivity index (χ1) is 8.72. The molecule has 0 aliphatic rings. The Labute approximate surface area is 115 Å². The summed E-state index contributed by atoms with van der Waals surface area (Å²) in [6.45, 7) is 8.60. The van der Waals surface area contributed by atoms with E-state index in [0.29, 0.717) is 12.0 Å². The summed E-state index contributed by atoms with van der Waals surface area (Å²) in [7, 11) is 0. The van der Waals surface area contributed by atoms with E-state index in [1.165, 1.54) is 12.2 Å². The minimum atomic E-state index is 0.493. The molecule has 2 unspecified atom stereocenters. The van der Waals surface area contributed by atoms with Gasteiger partial charge in [0.05, 0.1) is 0 Å². The summed E-state index contributed by atoms with van der Waals surface area (Å²) in [4.78, 5) is 4.38. The molecule has 1 N–H and O–H groups in total. The molecule has 18 heavy (non-hydrogen) atoms. The van der Waals surface area contributed by atoms with Crippen LogP contribution in [0, 0.1) is 5.92 Å². The van der Waals surface area contributed by atoms with Crippen LogP contribution in [0.2, 0.25) is 0 Å². The van der Waals surface area contributed by atoms with Gasteiger partial charge in [0.2, 0.25) is 0 Å². The average Bonchev–Trinajstić information content (AvgIpc) is 2.81. The minimum Gasteiger partial charge on any atom is -0.313 e. The number of hydrogen-bond acceptors (Lipinski definition) is 4. The van der Waals surface area contributed by atoms with E-state index in [9.17, 15) is 0 Å². The van der Waals surface area contributed by atoms with E-state index in [1.807, 2.05) is 16.4 Å². The van der Waals surface area contributed by atoms with Gasteiger partial charge in [-0.25, -0.2) is 4.98 Å². The number of hydrogen-bond donors (Lipinski definition) is 1. The van der Waals surface area contributed by atoms with Gasteiger partial charge >= 0.3 is 0 Å². The van der Waals surface area contributed by atoms with Crippen LogP contribution in [0.3, 0.4) is 0 Å². The molecular weight excluding hydrogens is 244 g/mol. The molecule has 1 heterocycles. The average molecular weight is 270 g/mol. The van der Waals surface area contributed by atoms with Crippen molar-refractivity contribution in [3.8, 4) is 0 Å². The Morgan fingerprint density at radius 3 is 2.83 bits per heavy atom. The molecule has 1 rings (SSSR count). The first-order valence-electron chi connectivity index (χ1n) is 6.81. The highest BCUT2D eigenvalue weighted by molar-refractivity contribution is 7.98. The van der Waals surface area contributed by atoms with Crippen molar-refractivity contribution in [1.29, 1.82) is 0 Å². The van der Waals surface area contributed by atoms with Crippen molar-refractivity contribution in [1.82, 2.24) is 20.1 Å². The van der Waals surface area contributed by atoms with Gasteiger partial charge < -0.3 is 5.32 Å². The molecule has 5 heteroatoms. The fourth-order valence-corrected chi connectivity index (χ4v) is 2.85. The Balaban J connectivity index is 2.64. The SMILES string of the molecule is CCCNC(Cc1ncnn1CC)C(C)CSC. The number of aromatic nitrogens is 3. The molecule has 0 saturated carbocycles. The van der Waals surface area contributed by atoms with Gasteiger partial charge in [0, 0.05) is 19.0 Å². The summed E-state index contributed by atoms with van der Waals surface area (Å²) in [5.74, 6) is 2.93. The van der Waals surface area contributed by atoms with E-state index in [1.54, 1.807) is 6.33 Å². The smallest absolute Gasteiger partial charge is 0.138 e. The predicted molar refractivity (Wildman–Crippen MR) is 79.0 cm³/mol. The maximum atomic E-state index is 4.38. The van der Waals surface area contributed by atoms with Crippen molar-refractivity contribution in [2.75, 3.05) is 18.6 Å². The summed E-state index contributed by atoms with van der Waals surface area (Å²) in [6.07, 6.45) is 5.97. The molecule has 1 aromatic rings. The molecule has 0 aliphatic carbocycles. The lowest BCUT2D eigenvalue weighted by molar-refractivity contribution is 0.389. The second-order valence-corrected chi connectivity index (χ2v) is 5.60. The van der Waals surface area contributed by atoms with Gasteiger partial charge in [0.15, 0.2) is 0 Å². The third-order valence-electron chi connectivity index (χ3n) is 3.17. The van der Waals surface area contributed by atoms with Crippen molar-refractivity contribution in [3.05, 3.63) is 12.2 Å². The topological polar surface area (TPSA) is 42.7 Å². The maximum Gasteiger partial charge on any atom is 0.138 e. The van der Waals surface area contributed by atoms with Gasteiger partial charge in [0.1, 0.15) is 12.2 Å². The number of aryl methyl sites for hydroxylation is 1. The molecule has 104 valence electrons. The highest BCUT2D eigenvalue weighted by Crippen LogP contribution is 2.13. The lowest BCUT2D eigenvalue weighted by Gasteiger charge is -2.24. The van der Waals surface area contributed by atoms with Crippen LogP contribution in [0.15, 0.2) is 6.33 Å². The molecule has 1 aromatic heterocycles. The molecule has 0 spiro atoms. The summed E-state index contributed by atoms with van der Waals surface area (Å²) >= 11 is 1.91. The second kappa shape index (κ2) is 8.53. The first kappa shape index (κ1) is 15.5. The van der Waals surface area contributed by atoms with E-state index in [-0.39, 0.29) is 0 Å². The van der Waals surface area contributed by atoms with Crippen LogP contribution in [0.25, 0.3) is 0 Å². The molecule has 4 nitrogen and oxygen atoms in total. The fourth-order valence-electron chi connectivity index (χ4n) is 2.09. The molecular formula is C13H26N4S. The first-order valence-corrected chi connectivity index (χ1v) is 8.21. The Morgan fingerprint density at radius 2 is 2.22 bits per heavy atom. The van der Waals surface area contributed by atoms with Gasteiger partial charge in [-0.2, -0.15) is 16.9 Å². The lowest BCUT2D eigenvalue weighted by atomic mass is 10.00. The Hall–Kier alpha value is -0.550. The minimum absolute atomic E-state index is 0.493. The van der Waals surface area contributed by atoms with Crippen LogP contribution in [0.4, 0.5) is 0 Å². The highest BCUT2D eigenvalue weighted by Gasteiger charge is 2.19. The van der Waals surface area contributed by atoms with Crippen molar-refractivity contribution in [3.63, 3.8) is 0 Å². The van der Waals surface area contributed by atoms with Gasteiger partial charge in [-0.1, -0.05) is 13.8 Å². The molecule has 0 radical (unpaired) electrons. The van der Waals surface area contributed by atoms with Crippen molar-refractivity contribution in [2.45, 2.75) is 46.2 Å². The third kappa shape index (κ3) is 4.61. The molecule has 0 amide bonds. The zero-order chi connectivity index (χ0) is 13.4. The summed E-state index contributed by atoms with van der Waals surface area (Å²) < 4.78 is 1.99. The predicted octanol–water partition coefficient (Wildman–Crippen LogP) is 2.21. The normalized spacial score (nSPS) is 14.7. The highest BCUT2D eigenvalue weighted by atomic mass is 32.2. The van der Waals surface area contributed by atoms with E-state index < -0.39 is 0 Å². The summed E-state index contributed by atoms with van der Waals surface area (Å²) in [5, 5.41) is 7.90. The van der Waals surface area contributed by atoms with Crippen LogP contribution in [0.5, 0.6) is 0 Å². The lowest BCUT2D eigenvalue weighted by Crippen LogP contribution is -2.39. The van der Waals surface area contributed by atoms with Crippen molar-refractivity contribution in [2.24, 2.45) is 5.92 Å². The maximum absolute atomic E-state index is 4.38. The van der Waals surface area contributed by atoms with Crippen LogP contribution in [-0.2, 0) is 13.0 Å². The summed E-state index contributed by atoms with van der Waals surface area (Å²) in [6, 6.07) is 0.493. The van der Waals surface area contributed by atoms with Crippen LogP contribution in [-0.4, -0.2) is 39.4 Å². The molecule has 0 fully saturated rings. The van der Waals surface area contributed by atoms with Crippen LogP contribution < -0.4 is 5.32 Å². The van der Waals surface area contributed by atoms with Gasteiger partial charge in [-0.05, 0) is 37.8 Å². The zero-order valence-electron chi connectivity index (χ0n) is 12.0. The monoisotopic (exact) mass is 270 g/mol. The molecule has 0 aliphatic heterocycles. The van der Waals surface area contributed by atoms with E-state index in [0.717, 1.165) is 25.3 Å². The van der Waals surface area contributed by atoms with Gasteiger partial charge in [-0.15, -0.1) is 0 Å². The van der Waals surface area contributed by atoms with Gasteiger partial charge in [-0.3, -0.25) is 4.68 Å². The molecule has 0 bridgehead atoms. The largest absolute Gasteiger partial charge is 0.313 e. The standard InChI is InChI=1S/C13H26N4S/c1-5-7-14-12(11(3)9-18-4)8-13-15-10-16-17(13)6-2/h10-12,14H,5-9H2,1-4H3.